The van der Waals surface area contributed by atoms with Crippen molar-refractivity contribution < 1.29 is 19.6 Å². The Kier molecular flexibility index (Phi) is 5.62. The van der Waals surface area contributed by atoms with E-state index in [4.69, 9.17) is 0 Å². The Morgan fingerprint density at radius 2 is 1.82 bits per heavy atom. The maximum Gasteiger partial charge on any atom is 0.326 e. The summed E-state index contributed by atoms with van der Waals surface area (Å²) in [6.45, 7) is 5.97. The highest BCUT2D eigenvalue weighted by Crippen LogP contribution is 2.22. The normalized spacial score (nSPS) is 12.5. The summed E-state index contributed by atoms with van der Waals surface area (Å²) >= 11 is 0. The molecule has 0 saturated heterocycles. The van der Waals surface area contributed by atoms with Crippen LogP contribution in [0.4, 0.5) is 5.69 Å². The lowest BCUT2D eigenvalue weighted by Crippen LogP contribution is -2.41. The van der Waals surface area contributed by atoms with Crippen molar-refractivity contribution >= 4 is 17.6 Å². The van der Waals surface area contributed by atoms with Crippen molar-refractivity contribution in [1.82, 2.24) is 5.32 Å². The second-order valence-corrected chi connectivity index (χ2v) is 6.27. The van der Waals surface area contributed by atoms with Gasteiger partial charge in [0.2, 0.25) is 0 Å². The average Bonchev–Trinajstić information content (AvgIpc) is 2.41. The summed E-state index contributed by atoms with van der Waals surface area (Å²) < 4.78 is 0. The third kappa shape index (κ3) is 5.51. The number of aliphatic carboxylic acids is 1. The summed E-state index contributed by atoms with van der Waals surface area (Å²) in [5.74, 6) is -1.66. The van der Waals surface area contributed by atoms with Gasteiger partial charge in [0.25, 0.3) is 11.6 Å². The number of rotatable bonds is 6. The summed E-state index contributed by atoms with van der Waals surface area (Å²) in [6.07, 6.45) is 0.960. The maximum atomic E-state index is 12.0. The summed E-state index contributed by atoms with van der Waals surface area (Å²) in [6, 6.07) is 4.04. The van der Waals surface area contributed by atoms with Crippen molar-refractivity contribution in [3.05, 3.63) is 39.9 Å². The van der Waals surface area contributed by atoms with Gasteiger partial charge in [0.15, 0.2) is 0 Å². The Hall–Kier alpha value is -2.44. The van der Waals surface area contributed by atoms with Gasteiger partial charge in [-0.1, -0.05) is 20.8 Å². The first-order valence-electron chi connectivity index (χ1n) is 6.88. The van der Waals surface area contributed by atoms with Crippen LogP contribution in [0.2, 0.25) is 0 Å². The van der Waals surface area contributed by atoms with Gasteiger partial charge in [-0.2, -0.15) is 0 Å². The second-order valence-electron chi connectivity index (χ2n) is 6.27. The number of nitrogens with zero attached hydrogens (tertiary/aromatic N) is 1. The van der Waals surface area contributed by atoms with E-state index in [-0.39, 0.29) is 16.7 Å². The first-order valence-corrected chi connectivity index (χ1v) is 6.88. The second kappa shape index (κ2) is 7.02. The fourth-order valence-electron chi connectivity index (χ4n) is 1.81. The van der Waals surface area contributed by atoms with E-state index in [0.29, 0.717) is 12.8 Å². The molecule has 7 heteroatoms. The molecular weight excluding hydrogens is 288 g/mol. The average molecular weight is 308 g/mol. The molecule has 0 fully saturated rings. The van der Waals surface area contributed by atoms with Crippen molar-refractivity contribution in [2.75, 3.05) is 0 Å². The topological polar surface area (TPSA) is 110 Å². The third-order valence-electron chi connectivity index (χ3n) is 3.13. The van der Waals surface area contributed by atoms with Crippen LogP contribution in [0.3, 0.4) is 0 Å². The fourth-order valence-corrected chi connectivity index (χ4v) is 1.81. The van der Waals surface area contributed by atoms with E-state index < -0.39 is 22.8 Å². The first-order chi connectivity index (χ1) is 10.1. The highest BCUT2D eigenvalue weighted by molar-refractivity contribution is 5.96. The quantitative estimate of drug-likeness (QED) is 0.620. The Bertz CT molecular complexity index is 560. The molecule has 1 rings (SSSR count). The molecule has 1 aromatic rings. The van der Waals surface area contributed by atoms with Crippen LogP contribution < -0.4 is 5.32 Å². The predicted molar refractivity (Wildman–Crippen MR) is 80.7 cm³/mol. The van der Waals surface area contributed by atoms with E-state index in [1.165, 1.54) is 24.3 Å². The Morgan fingerprint density at radius 3 is 2.23 bits per heavy atom. The maximum absolute atomic E-state index is 12.0. The van der Waals surface area contributed by atoms with Crippen molar-refractivity contribution in [1.29, 1.82) is 0 Å². The highest BCUT2D eigenvalue weighted by Gasteiger charge is 2.23. The summed E-state index contributed by atoms with van der Waals surface area (Å²) in [5, 5.41) is 22.2. The number of non-ortho nitro benzene ring substituents is 1. The molecule has 1 aromatic carbocycles. The number of benzene rings is 1. The molecule has 1 amide bonds. The van der Waals surface area contributed by atoms with E-state index in [0.717, 1.165) is 0 Å². The van der Waals surface area contributed by atoms with Gasteiger partial charge in [0, 0.05) is 17.7 Å². The molecule has 0 radical (unpaired) electrons. The number of carboxylic acid groups (broad SMARTS) is 1. The van der Waals surface area contributed by atoms with Crippen molar-refractivity contribution in [2.45, 2.75) is 39.7 Å². The summed E-state index contributed by atoms with van der Waals surface area (Å²) in [4.78, 5) is 33.2. The molecule has 1 atom stereocenters. The number of carbonyl (C=O) groups excluding carboxylic acids is 1. The van der Waals surface area contributed by atoms with Gasteiger partial charge in [-0.05, 0) is 30.4 Å². The zero-order chi connectivity index (χ0) is 16.9. The molecule has 0 spiro atoms. The zero-order valence-electron chi connectivity index (χ0n) is 12.8. The van der Waals surface area contributed by atoms with E-state index >= 15 is 0 Å². The van der Waals surface area contributed by atoms with Gasteiger partial charge in [-0.15, -0.1) is 0 Å². The minimum Gasteiger partial charge on any atom is -0.480 e. The lowest BCUT2D eigenvalue weighted by molar-refractivity contribution is -0.384. The number of nitro groups is 1. The van der Waals surface area contributed by atoms with Gasteiger partial charge >= 0.3 is 5.97 Å². The number of amides is 1. The van der Waals surface area contributed by atoms with Crippen LogP contribution >= 0.6 is 0 Å². The minimum absolute atomic E-state index is 0.0359. The number of carboxylic acids is 1. The van der Waals surface area contributed by atoms with Gasteiger partial charge in [0.05, 0.1) is 4.92 Å². The molecule has 22 heavy (non-hydrogen) atoms. The number of nitrogens with one attached hydrogen (secondary N) is 1. The molecule has 2 N–H and O–H groups in total. The largest absolute Gasteiger partial charge is 0.480 e. The van der Waals surface area contributed by atoms with Gasteiger partial charge in [-0.25, -0.2) is 4.79 Å². The van der Waals surface area contributed by atoms with Crippen LogP contribution in [-0.4, -0.2) is 27.9 Å². The fraction of sp³-hybridized carbons (Fsp3) is 0.467. The van der Waals surface area contributed by atoms with Crippen LogP contribution in [-0.2, 0) is 4.79 Å². The predicted octanol–water partition coefficient (Wildman–Crippen LogP) is 2.60. The Morgan fingerprint density at radius 1 is 1.27 bits per heavy atom. The van der Waals surface area contributed by atoms with Crippen molar-refractivity contribution in [3.63, 3.8) is 0 Å². The molecule has 0 aliphatic heterocycles. The van der Waals surface area contributed by atoms with Crippen LogP contribution in [0.1, 0.15) is 44.0 Å². The zero-order valence-corrected chi connectivity index (χ0v) is 12.8. The molecular formula is C15H20N2O5. The Labute approximate surface area is 128 Å². The molecule has 0 saturated carbocycles. The van der Waals surface area contributed by atoms with Crippen LogP contribution in [0, 0.1) is 15.5 Å². The van der Waals surface area contributed by atoms with Crippen molar-refractivity contribution in [3.8, 4) is 0 Å². The molecule has 0 heterocycles. The van der Waals surface area contributed by atoms with E-state index in [2.05, 4.69) is 5.32 Å². The molecule has 7 nitrogen and oxygen atoms in total. The van der Waals surface area contributed by atoms with E-state index in [1.807, 2.05) is 20.8 Å². The van der Waals surface area contributed by atoms with Gasteiger partial charge in [0.1, 0.15) is 6.04 Å². The number of hydrogen-bond donors (Lipinski definition) is 2. The number of hydrogen-bond acceptors (Lipinski definition) is 4. The van der Waals surface area contributed by atoms with Crippen LogP contribution in [0.25, 0.3) is 0 Å². The minimum atomic E-state index is -1.10. The molecule has 0 bridgehead atoms. The van der Waals surface area contributed by atoms with Gasteiger partial charge in [-0.3, -0.25) is 14.9 Å². The van der Waals surface area contributed by atoms with E-state index in [9.17, 15) is 24.8 Å². The van der Waals surface area contributed by atoms with Crippen LogP contribution in [0.5, 0.6) is 0 Å². The standard InChI is InChI=1S/C15H20N2O5/c1-15(2,3)9-8-12(14(19)20)16-13(18)10-4-6-11(7-5-10)17(21)22/h4-7,12H,8-9H2,1-3H3,(H,16,18)(H,19,20). The molecule has 0 aromatic heterocycles. The lowest BCUT2D eigenvalue weighted by atomic mass is 9.88. The lowest BCUT2D eigenvalue weighted by Gasteiger charge is -2.21. The number of nitro benzene ring substituents is 1. The first kappa shape index (κ1) is 17.6. The molecule has 120 valence electrons. The number of carbonyl (C=O) groups is 2. The molecule has 0 aliphatic rings. The SMILES string of the molecule is CC(C)(C)CCC(NC(=O)c1ccc([N+](=O)[O-])cc1)C(=O)O. The van der Waals surface area contributed by atoms with Crippen LogP contribution in [0.15, 0.2) is 24.3 Å². The molecule has 0 aliphatic carbocycles. The molecule has 1 unspecified atom stereocenters. The Balaban J connectivity index is 2.74. The summed E-state index contributed by atoms with van der Waals surface area (Å²) in [5.41, 5.74) is 0.0258. The third-order valence-corrected chi connectivity index (χ3v) is 3.13. The highest BCUT2D eigenvalue weighted by atomic mass is 16.6. The monoisotopic (exact) mass is 308 g/mol. The van der Waals surface area contributed by atoms with Crippen molar-refractivity contribution in [2.24, 2.45) is 5.41 Å². The summed E-state index contributed by atoms with van der Waals surface area (Å²) in [7, 11) is 0. The van der Waals surface area contributed by atoms with E-state index in [1.54, 1.807) is 0 Å². The van der Waals surface area contributed by atoms with Gasteiger partial charge < -0.3 is 10.4 Å². The smallest absolute Gasteiger partial charge is 0.326 e.